The molecule has 7 nitrogen and oxygen atoms in total. The summed E-state index contributed by atoms with van der Waals surface area (Å²) < 4.78 is 35.5. The van der Waals surface area contributed by atoms with Crippen LogP contribution in [0.15, 0.2) is 12.1 Å². The van der Waals surface area contributed by atoms with E-state index in [1.165, 1.54) is 0 Å². The molecule has 2 N–H and O–H groups in total. The Morgan fingerprint density at radius 2 is 1.97 bits per heavy atom. The SMILES string of the molecule is CC1(C)CCCN1c1nc(-c2c(F)ccc(F)c2O)c(Cl)c2c1C(=O)N1CCNCC13CC3O2. The number of phenols is 1. The number of nitrogens with zero attached hydrogens (tertiary/aromatic N) is 3. The molecule has 180 valence electrons. The van der Waals surface area contributed by atoms with Crippen molar-refractivity contribution >= 4 is 23.3 Å². The Kier molecular flexibility index (Phi) is 4.61. The van der Waals surface area contributed by atoms with Crippen molar-refractivity contribution in [3.63, 3.8) is 0 Å². The van der Waals surface area contributed by atoms with Crippen molar-refractivity contribution in [2.75, 3.05) is 31.1 Å². The molecule has 34 heavy (non-hydrogen) atoms. The molecule has 3 fully saturated rings. The van der Waals surface area contributed by atoms with Crippen molar-refractivity contribution < 1.29 is 23.4 Å². The van der Waals surface area contributed by atoms with Crippen molar-refractivity contribution in [2.24, 2.45) is 0 Å². The second kappa shape index (κ2) is 7.18. The van der Waals surface area contributed by atoms with E-state index in [0.717, 1.165) is 25.0 Å². The summed E-state index contributed by atoms with van der Waals surface area (Å²) in [6.45, 7) is 6.54. The van der Waals surface area contributed by atoms with Gasteiger partial charge in [-0.25, -0.2) is 13.8 Å². The van der Waals surface area contributed by atoms with Crippen LogP contribution in [0.3, 0.4) is 0 Å². The van der Waals surface area contributed by atoms with Gasteiger partial charge in [-0.1, -0.05) is 11.6 Å². The van der Waals surface area contributed by atoms with Gasteiger partial charge in [0.1, 0.15) is 34.0 Å². The monoisotopic (exact) mass is 490 g/mol. The van der Waals surface area contributed by atoms with E-state index in [1.54, 1.807) is 0 Å². The average Bonchev–Trinajstić information content (AvgIpc) is 3.36. The minimum Gasteiger partial charge on any atom is -0.504 e. The maximum absolute atomic E-state index is 14.9. The van der Waals surface area contributed by atoms with E-state index in [-0.39, 0.29) is 39.6 Å². The number of fused-ring (bicyclic) bond motifs is 1. The van der Waals surface area contributed by atoms with Gasteiger partial charge in [0.15, 0.2) is 17.3 Å². The van der Waals surface area contributed by atoms with Gasteiger partial charge < -0.3 is 25.0 Å². The number of phenolic OH excluding ortho intramolecular Hbond substituents is 1. The third-order valence-corrected chi connectivity index (χ3v) is 8.08. The molecule has 4 heterocycles. The first-order valence-electron chi connectivity index (χ1n) is 11.5. The first-order chi connectivity index (χ1) is 16.2. The number of piperazine rings is 1. The van der Waals surface area contributed by atoms with Crippen LogP contribution in [0.2, 0.25) is 5.02 Å². The largest absolute Gasteiger partial charge is 0.504 e. The summed E-state index contributed by atoms with van der Waals surface area (Å²) in [5.41, 5.74) is -1.13. The number of pyridine rings is 1. The number of anilines is 1. The Labute approximate surface area is 200 Å². The van der Waals surface area contributed by atoms with E-state index >= 15 is 0 Å². The minimum atomic E-state index is -0.992. The predicted octanol–water partition coefficient (Wildman–Crippen LogP) is 3.71. The number of aromatic nitrogens is 1. The third-order valence-electron chi connectivity index (χ3n) is 7.73. The molecule has 10 heteroatoms. The number of carbonyl (C=O) groups excluding carboxylic acids is 1. The second-order valence-corrected chi connectivity index (χ2v) is 10.5. The zero-order valence-corrected chi connectivity index (χ0v) is 19.7. The Morgan fingerprint density at radius 1 is 1.21 bits per heavy atom. The quantitative estimate of drug-likeness (QED) is 0.668. The lowest BCUT2D eigenvalue weighted by Gasteiger charge is -2.37. The Balaban J connectivity index is 1.63. The van der Waals surface area contributed by atoms with Crippen LogP contribution in [0.1, 0.15) is 43.5 Å². The van der Waals surface area contributed by atoms with Crippen LogP contribution < -0.4 is 15.0 Å². The fraction of sp³-hybridized carbons (Fsp3) is 0.500. The molecule has 1 aliphatic carbocycles. The maximum Gasteiger partial charge on any atom is 0.262 e. The molecular weight excluding hydrogens is 466 g/mol. The highest BCUT2D eigenvalue weighted by Crippen LogP contribution is 2.54. The van der Waals surface area contributed by atoms with Crippen LogP contribution in [0.25, 0.3) is 11.3 Å². The first-order valence-corrected chi connectivity index (χ1v) is 11.9. The smallest absolute Gasteiger partial charge is 0.262 e. The standard InChI is InChI=1S/C24H25ClF2N4O3/c1-23(2)6-3-8-30(23)21-16-20(34-14-10-24(14)11-28-7-9-31(24)22(16)33)17(25)18(29-21)15-12(26)4-5-13(27)19(15)32/h4-5,14,28,32H,3,6-11H2,1-2H3. The van der Waals surface area contributed by atoms with Crippen LogP contribution in [-0.2, 0) is 0 Å². The molecule has 1 aromatic carbocycles. The predicted molar refractivity (Wildman–Crippen MR) is 123 cm³/mol. The molecule has 0 bridgehead atoms. The summed E-state index contributed by atoms with van der Waals surface area (Å²) in [5, 5.41) is 13.6. The number of halogens is 3. The van der Waals surface area contributed by atoms with E-state index in [0.29, 0.717) is 38.4 Å². The summed E-state index contributed by atoms with van der Waals surface area (Å²) in [6, 6.07) is 1.76. The van der Waals surface area contributed by atoms with Crippen LogP contribution in [0, 0.1) is 11.6 Å². The van der Waals surface area contributed by atoms with Gasteiger partial charge in [-0.15, -0.1) is 0 Å². The van der Waals surface area contributed by atoms with E-state index < -0.39 is 28.5 Å². The van der Waals surface area contributed by atoms with Gasteiger partial charge in [0.2, 0.25) is 0 Å². The third kappa shape index (κ3) is 2.89. The van der Waals surface area contributed by atoms with Gasteiger partial charge in [-0.2, -0.15) is 0 Å². The highest BCUT2D eigenvalue weighted by Gasteiger charge is 2.65. The molecule has 0 radical (unpaired) electrons. The minimum absolute atomic E-state index is 0.112. The molecular formula is C24H25ClF2N4O3. The number of hydrogen-bond acceptors (Lipinski definition) is 6. The molecule has 1 spiro atoms. The van der Waals surface area contributed by atoms with E-state index in [9.17, 15) is 18.7 Å². The van der Waals surface area contributed by atoms with Crippen LogP contribution in [-0.4, -0.2) is 64.3 Å². The van der Waals surface area contributed by atoms with Gasteiger partial charge in [0.25, 0.3) is 5.91 Å². The summed E-state index contributed by atoms with van der Waals surface area (Å²) in [5.74, 6) is -2.53. The second-order valence-electron chi connectivity index (χ2n) is 10.2. The number of ether oxygens (including phenoxy) is 1. The number of rotatable bonds is 2. The lowest BCUT2D eigenvalue weighted by molar-refractivity contribution is 0.0567. The van der Waals surface area contributed by atoms with Crippen molar-refractivity contribution in [3.8, 4) is 22.8 Å². The summed E-state index contributed by atoms with van der Waals surface area (Å²) in [6.07, 6.45) is 2.14. The number of benzene rings is 1. The maximum atomic E-state index is 14.9. The molecule has 6 rings (SSSR count). The van der Waals surface area contributed by atoms with Crippen molar-refractivity contribution in [3.05, 3.63) is 34.4 Å². The van der Waals surface area contributed by atoms with Crippen LogP contribution in [0.4, 0.5) is 14.6 Å². The highest BCUT2D eigenvalue weighted by molar-refractivity contribution is 6.35. The van der Waals surface area contributed by atoms with Crippen molar-refractivity contribution in [1.29, 1.82) is 0 Å². The molecule has 2 saturated heterocycles. The van der Waals surface area contributed by atoms with Gasteiger partial charge in [0, 0.05) is 38.1 Å². The normalized spacial score (nSPS) is 27.0. The van der Waals surface area contributed by atoms with Gasteiger partial charge >= 0.3 is 0 Å². The van der Waals surface area contributed by atoms with E-state index in [1.807, 2.05) is 9.80 Å². The summed E-state index contributed by atoms with van der Waals surface area (Å²) in [7, 11) is 0. The molecule has 3 aliphatic heterocycles. The Bertz CT molecular complexity index is 1240. The fourth-order valence-electron chi connectivity index (χ4n) is 5.74. The zero-order valence-electron chi connectivity index (χ0n) is 18.9. The first kappa shape index (κ1) is 21.9. The van der Waals surface area contributed by atoms with Gasteiger partial charge in [-0.3, -0.25) is 4.79 Å². The number of hydrogen-bond donors (Lipinski definition) is 2. The Hall–Kier alpha value is -2.65. The van der Waals surface area contributed by atoms with Crippen molar-refractivity contribution in [2.45, 2.75) is 50.3 Å². The molecule has 2 atom stereocenters. The van der Waals surface area contributed by atoms with Crippen molar-refractivity contribution in [1.82, 2.24) is 15.2 Å². The average molecular weight is 491 g/mol. The molecule has 1 saturated carbocycles. The topological polar surface area (TPSA) is 77.9 Å². The lowest BCUT2D eigenvalue weighted by atomic mass is 10.00. The highest BCUT2D eigenvalue weighted by atomic mass is 35.5. The number of amides is 1. The number of carbonyl (C=O) groups is 1. The van der Waals surface area contributed by atoms with Gasteiger partial charge in [-0.05, 0) is 38.8 Å². The van der Waals surface area contributed by atoms with Gasteiger partial charge in [0.05, 0.1) is 11.1 Å². The molecule has 1 amide bonds. The summed E-state index contributed by atoms with van der Waals surface area (Å²) >= 11 is 6.73. The van der Waals surface area contributed by atoms with Crippen LogP contribution >= 0.6 is 11.6 Å². The van der Waals surface area contributed by atoms with E-state index in [4.69, 9.17) is 16.3 Å². The fourth-order valence-corrected chi connectivity index (χ4v) is 6.01. The molecule has 2 unspecified atom stereocenters. The lowest BCUT2D eigenvalue weighted by Crippen LogP contribution is -2.57. The molecule has 2 aromatic rings. The molecule has 1 aromatic heterocycles. The zero-order chi connectivity index (χ0) is 24.0. The number of nitrogens with one attached hydrogen (secondary N) is 1. The van der Waals surface area contributed by atoms with E-state index in [2.05, 4.69) is 24.1 Å². The summed E-state index contributed by atoms with van der Waals surface area (Å²) in [4.78, 5) is 22.5. The van der Waals surface area contributed by atoms with Crippen LogP contribution in [0.5, 0.6) is 11.5 Å². The Morgan fingerprint density at radius 3 is 2.71 bits per heavy atom. The number of aromatic hydroxyl groups is 1. The molecule has 4 aliphatic rings.